The minimum absolute atomic E-state index is 0.0244. The second-order valence-electron chi connectivity index (χ2n) is 7.16. The van der Waals surface area contributed by atoms with Crippen LogP contribution in [0.3, 0.4) is 0 Å². The van der Waals surface area contributed by atoms with E-state index in [1.807, 2.05) is 6.07 Å². The standard InChI is InChI=1S/C18H25ClO/c1-17(2,3)14-11-13(9-7-8-10-19)16(20)15(12-14)18(4,5)6/h11-12,20H,8,10H2,1-6H3. The lowest BCUT2D eigenvalue weighted by atomic mass is 9.79. The number of hydrogen-bond acceptors (Lipinski definition) is 1. The molecule has 1 rings (SSSR count). The Kier molecular flexibility index (Phi) is 5.16. The van der Waals surface area contributed by atoms with E-state index in [0.717, 1.165) is 5.56 Å². The molecule has 0 amide bonds. The second kappa shape index (κ2) is 6.10. The number of aromatic hydroxyl groups is 1. The first-order chi connectivity index (χ1) is 9.07. The van der Waals surface area contributed by atoms with Crippen molar-refractivity contribution in [2.75, 3.05) is 5.88 Å². The Hall–Kier alpha value is -1.13. The molecule has 0 unspecified atom stereocenters. The van der Waals surface area contributed by atoms with Crippen molar-refractivity contribution in [3.8, 4) is 17.6 Å². The Morgan fingerprint density at radius 1 is 1.05 bits per heavy atom. The van der Waals surface area contributed by atoms with Crippen LogP contribution in [0.5, 0.6) is 5.75 Å². The molecule has 2 heteroatoms. The van der Waals surface area contributed by atoms with Crippen LogP contribution in [0.15, 0.2) is 12.1 Å². The molecule has 0 aliphatic carbocycles. The number of rotatable bonds is 1. The van der Waals surface area contributed by atoms with E-state index in [-0.39, 0.29) is 10.8 Å². The number of alkyl halides is 1. The zero-order valence-corrected chi connectivity index (χ0v) is 14.2. The predicted molar refractivity (Wildman–Crippen MR) is 87.7 cm³/mol. The van der Waals surface area contributed by atoms with Gasteiger partial charge in [0.05, 0.1) is 5.56 Å². The van der Waals surface area contributed by atoms with Crippen LogP contribution in [-0.4, -0.2) is 11.0 Å². The van der Waals surface area contributed by atoms with Crippen LogP contribution < -0.4 is 0 Å². The summed E-state index contributed by atoms with van der Waals surface area (Å²) >= 11 is 5.65. The van der Waals surface area contributed by atoms with Gasteiger partial charge in [-0.2, -0.15) is 0 Å². The predicted octanol–water partition coefficient (Wildman–Crippen LogP) is 4.97. The number of phenolic OH excluding ortho intramolecular Hbond substituents is 1. The molecule has 1 aromatic carbocycles. The summed E-state index contributed by atoms with van der Waals surface area (Å²) in [7, 11) is 0. The van der Waals surface area contributed by atoms with Gasteiger partial charge in [0.1, 0.15) is 5.75 Å². The van der Waals surface area contributed by atoms with Crippen molar-refractivity contribution < 1.29 is 5.11 Å². The highest BCUT2D eigenvalue weighted by Crippen LogP contribution is 2.37. The lowest BCUT2D eigenvalue weighted by Crippen LogP contribution is -2.17. The van der Waals surface area contributed by atoms with E-state index in [0.29, 0.717) is 23.6 Å². The summed E-state index contributed by atoms with van der Waals surface area (Å²) in [5.74, 6) is 6.87. The Labute approximate surface area is 128 Å². The Morgan fingerprint density at radius 2 is 1.65 bits per heavy atom. The molecule has 0 radical (unpaired) electrons. The van der Waals surface area contributed by atoms with Gasteiger partial charge >= 0.3 is 0 Å². The highest BCUT2D eigenvalue weighted by molar-refractivity contribution is 6.18. The van der Waals surface area contributed by atoms with Gasteiger partial charge in [0.15, 0.2) is 0 Å². The molecular formula is C18H25ClO. The SMILES string of the molecule is CC(C)(C)c1cc(C#CCCCl)c(O)c(C(C)(C)C)c1. The normalized spacial score (nSPS) is 11.9. The fourth-order valence-corrected chi connectivity index (χ4v) is 2.03. The highest BCUT2D eigenvalue weighted by Gasteiger charge is 2.24. The van der Waals surface area contributed by atoms with Crippen molar-refractivity contribution in [1.29, 1.82) is 0 Å². The summed E-state index contributed by atoms with van der Waals surface area (Å²) in [6.07, 6.45) is 0.631. The molecule has 20 heavy (non-hydrogen) atoms. The summed E-state index contributed by atoms with van der Waals surface area (Å²) in [4.78, 5) is 0. The third kappa shape index (κ3) is 4.18. The summed E-state index contributed by atoms with van der Waals surface area (Å²) in [6, 6.07) is 4.09. The molecule has 1 N–H and O–H groups in total. The minimum Gasteiger partial charge on any atom is -0.506 e. The molecule has 110 valence electrons. The molecule has 0 aromatic heterocycles. The van der Waals surface area contributed by atoms with Crippen molar-refractivity contribution in [1.82, 2.24) is 0 Å². The second-order valence-corrected chi connectivity index (χ2v) is 7.54. The van der Waals surface area contributed by atoms with Crippen LogP contribution in [0.4, 0.5) is 0 Å². The number of phenols is 1. The van der Waals surface area contributed by atoms with Crippen molar-refractivity contribution >= 4 is 11.6 Å². The molecule has 0 heterocycles. The Morgan fingerprint density at radius 3 is 2.10 bits per heavy atom. The first-order valence-corrected chi connectivity index (χ1v) is 7.53. The van der Waals surface area contributed by atoms with E-state index in [2.05, 4.69) is 59.4 Å². The topological polar surface area (TPSA) is 20.2 Å². The summed E-state index contributed by atoms with van der Waals surface area (Å²) in [5.41, 5.74) is 2.74. The molecule has 1 aromatic rings. The number of hydrogen-bond donors (Lipinski definition) is 1. The first-order valence-electron chi connectivity index (χ1n) is 7.00. The quantitative estimate of drug-likeness (QED) is 0.572. The maximum atomic E-state index is 10.5. The van der Waals surface area contributed by atoms with Gasteiger partial charge in [-0.3, -0.25) is 0 Å². The van der Waals surface area contributed by atoms with E-state index in [9.17, 15) is 5.11 Å². The smallest absolute Gasteiger partial charge is 0.134 e. The molecule has 0 fully saturated rings. The number of benzene rings is 1. The lowest BCUT2D eigenvalue weighted by Gasteiger charge is -2.26. The molecule has 0 aliphatic heterocycles. The van der Waals surface area contributed by atoms with Crippen LogP contribution in [0.25, 0.3) is 0 Å². The third-order valence-electron chi connectivity index (χ3n) is 3.23. The van der Waals surface area contributed by atoms with Crippen LogP contribution >= 0.6 is 11.6 Å². The average molecular weight is 293 g/mol. The number of halogens is 1. The van der Waals surface area contributed by atoms with Gasteiger partial charge in [-0.15, -0.1) is 11.6 Å². The zero-order chi connectivity index (χ0) is 15.6. The Balaban J connectivity index is 3.49. The van der Waals surface area contributed by atoms with Crippen molar-refractivity contribution in [3.63, 3.8) is 0 Å². The minimum atomic E-state index is -0.117. The van der Waals surface area contributed by atoms with Gasteiger partial charge in [0.2, 0.25) is 0 Å². The van der Waals surface area contributed by atoms with Crippen LogP contribution in [0, 0.1) is 11.8 Å². The van der Waals surface area contributed by atoms with E-state index < -0.39 is 0 Å². The first kappa shape index (κ1) is 16.9. The molecule has 0 saturated heterocycles. The maximum Gasteiger partial charge on any atom is 0.134 e. The van der Waals surface area contributed by atoms with Crippen LogP contribution in [-0.2, 0) is 10.8 Å². The molecule has 0 bridgehead atoms. The van der Waals surface area contributed by atoms with Crippen molar-refractivity contribution in [3.05, 3.63) is 28.8 Å². The fourth-order valence-electron chi connectivity index (χ4n) is 1.94. The molecule has 0 saturated carbocycles. The third-order valence-corrected chi connectivity index (χ3v) is 3.42. The van der Waals surface area contributed by atoms with Gasteiger partial charge in [0, 0.05) is 17.9 Å². The summed E-state index contributed by atoms with van der Waals surface area (Å²) < 4.78 is 0. The average Bonchev–Trinajstić information content (AvgIpc) is 2.28. The summed E-state index contributed by atoms with van der Waals surface area (Å²) in [5, 5.41) is 10.5. The van der Waals surface area contributed by atoms with Crippen LogP contribution in [0.2, 0.25) is 0 Å². The monoisotopic (exact) mass is 292 g/mol. The Bertz CT molecular complexity index is 533. The molecule has 0 aliphatic rings. The van der Waals surface area contributed by atoms with Gasteiger partial charge < -0.3 is 5.11 Å². The zero-order valence-electron chi connectivity index (χ0n) is 13.4. The molecule has 0 spiro atoms. The highest BCUT2D eigenvalue weighted by atomic mass is 35.5. The summed E-state index contributed by atoms with van der Waals surface area (Å²) in [6.45, 7) is 12.8. The molecular weight excluding hydrogens is 268 g/mol. The largest absolute Gasteiger partial charge is 0.506 e. The van der Waals surface area contributed by atoms with Crippen molar-refractivity contribution in [2.45, 2.75) is 58.8 Å². The van der Waals surface area contributed by atoms with Gasteiger partial charge in [-0.25, -0.2) is 0 Å². The fraction of sp³-hybridized carbons (Fsp3) is 0.556. The van der Waals surface area contributed by atoms with E-state index in [1.165, 1.54) is 5.56 Å². The maximum absolute atomic E-state index is 10.5. The van der Waals surface area contributed by atoms with E-state index in [1.54, 1.807) is 0 Å². The molecule has 1 nitrogen and oxygen atoms in total. The van der Waals surface area contributed by atoms with Gasteiger partial charge in [0.25, 0.3) is 0 Å². The van der Waals surface area contributed by atoms with Crippen molar-refractivity contribution in [2.24, 2.45) is 0 Å². The van der Waals surface area contributed by atoms with E-state index in [4.69, 9.17) is 11.6 Å². The van der Waals surface area contributed by atoms with Gasteiger partial charge in [-0.05, 0) is 22.5 Å². The van der Waals surface area contributed by atoms with Crippen LogP contribution in [0.1, 0.15) is 64.7 Å². The van der Waals surface area contributed by atoms with Gasteiger partial charge in [-0.1, -0.05) is 59.4 Å². The van der Waals surface area contributed by atoms with E-state index >= 15 is 0 Å². The molecule has 0 atom stereocenters. The lowest BCUT2D eigenvalue weighted by molar-refractivity contribution is 0.443.